The molecule has 0 saturated heterocycles. The summed E-state index contributed by atoms with van der Waals surface area (Å²) in [6, 6.07) is 21.4. The predicted molar refractivity (Wildman–Crippen MR) is 113 cm³/mol. The number of hydrogen-bond donors (Lipinski definition) is 1. The van der Waals surface area contributed by atoms with Crippen molar-refractivity contribution in [2.45, 2.75) is 31.6 Å². The minimum Gasteiger partial charge on any atom is -0.372 e. The van der Waals surface area contributed by atoms with Crippen molar-refractivity contribution in [2.75, 3.05) is 0 Å². The van der Waals surface area contributed by atoms with E-state index in [2.05, 4.69) is 4.72 Å². The number of hydrogen-bond acceptors (Lipinski definition) is 5. The van der Waals surface area contributed by atoms with E-state index < -0.39 is 20.6 Å². The standard InChI is InChI=1S/C22H22N2O5S/c1-17-6-5-9-21(24(25)26)22(17)30(27,28)23-14-18-10-12-20(13-11-18)16-29-15-19-7-3-2-4-8-19/h2-13,23H,14-16H2,1H3. The van der Waals surface area contributed by atoms with E-state index in [9.17, 15) is 18.5 Å². The second-order valence-corrected chi connectivity index (χ2v) is 8.50. The van der Waals surface area contributed by atoms with Crippen LogP contribution in [0, 0.1) is 17.0 Å². The molecule has 0 heterocycles. The average molecular weight is 426 g/mol. The first kappa shape index (κ1) is 21.6. The van der Waals surface area contributed by atoms with Crippen LogP contribution in [0.25, 0.3) is 0 Å². The Bertz CT molecular complexity index is 1110. The van der Waals surface area contributed by atoms with Gasteiger partial charge in [-0.2, -0.15) is 0 Å². The van der Waals surface area contributed by atoms with Crippen LogP contribution in [0.2, 0.25) is 0 Å². The zero-order chi connectivity index (χ0) is 21.6. The Labute approximate surface area is 175 Å². The summed E-state index contributed by atoms with van der Waals surface area (Å²) in [4.78, 5) is 10.2. The zero-order valence-electron chi connectivity index (χ0n) is 16.4. The summed E-state index contributed by atoms with van der Waals surface area (Å²) >= 11 is 0. The Morgan fingerprint density at radius 3 is 2.10 bits per heavy atom. The molecule has 0 bridgehead atoms. The van der Waals surface area contributed by atoms with Crippen molar-refractivity contribution in [2.24, 2.45) is 0 Å². The lowest BCUT2D eigenvalue weighted by Gasteiger charge is -2.10. The van der Waals surface area contributed by atoms with Crippen molar-refractivity contribution in [3.63, 3.8) is 0 Å². The fourth-order valence-corrected chi connectivity index (χ4v) is 4.41. The van der Waals surface area contributed by atoms with Gasteiger partial charge in [0, 0.05) is 12.6 Å². The van der Waals surface area contributed by atoms with Gasteiger partial charge in [0.2, 0.25) is 10.0 Å². The van der Waals surface area contributed by atoms with Crippen molar-refractivity contribution in [3.05, 3.63) is 105 Å². The Morgan fingerprint density at radius 2 is 1.47 bits per heavy atom. The van der Waals surface area contributed by atoms with Crippen LogP contribution in [0.3, 0.4) is 0 Å². The van der Waals surface area contributed by atoms with Gasteiger partial charge < -0.3 is 4.74 Å². The van der Waals surface area contributed by atoms with E-state index in [0.29, 0.717) is 18.8 Å². The van der Waals surface area contributed by atoms with Crippen molar-refractivity contribution in [1.82, 2.24) is 4.72 Å². The molecule has 3 aromatic rings. The summed E-state index contributed by atoms with van der Waals surface area (Å²) in [6.07, 6.45) is 0. The van der Waals surface area contributed by atoms with Crippen LogP contribution in [0.4, 0.5) is 5.69 Å². The van der Waals surface area contributed by atoms with E-state index in [1.807, 2.05) is 42.5 Å². The normalized spacial score (nSPS) is 11.4. The molecule has 8 heteroatoms. The molecule has 0 aromatic heterocycles. The van der Waals surface area contributed by atoms with Gasteiger partial charge in [-0.3, -0.25) is 10.1 Å². The lowest BCUT2D eigenvalue weighted by atomic mass is 10.1. The Morgan fingerprint density at radius 1 is 0.867 bits per heavy atom. The second kappa shape index (κ2) is 9.62. The molecule has 156 valence electrons. The van der Waals surface area contributed by atoms with Crippen LogP contribution in [0.15, 0.2) is 77.7 Å². The minimum absolute atomic E-state index is 0.0268. The van der Waals surface area contributed by atoms with Gasteiger partial charge in [-0.15, -0.1) is 0 Å². The van der Waals surface area contributed by atoms with Gasteiger partial charge in [0.25, 0.3) is 5.69 Å². The molecule has 0 aliphatic heterocycles. The third-order valence-corrected chi connectivity index (χ3v) is 6.12. The third kappa shape index (κ3) is 5.50. The molecule has 0 spiro atoms. The molecule has 0 fully saturated rings. The highest BCUT2D eigenvalue weighted by Gasteiger charge is 2.27. The molecule has 0 aliphatic rings. The molecule has 0 atom stereocenters. The highest BCUT2D eigenvalue weighted by molar-refractivity contribution is 7.89. The highest BCUT2D eigenvalue weighted by Crippen LogP contribution is 2.26. The van der Waals surface area contributed by atoms with Crippen molar-refractivity contribution in [1.29, 1.82) is 0 Å². The van der Waals surface area contributed by atoms with Crippen LogP contribution in [-0.4, -0.2) is 13.3 Å². The fraction of sp³-hybridized carbons (Fsp3) is 0.182. The van der Waals surface area contributed by atoms with Crippen molar-refractivity contribution < 1.29 is 18.1 Å². The van der Waals surface area contributed by atoms with Gasteiger partial charge in [0.1, 0.15) is 0 Å². The molecule has 0 aliphatic carbocycles. The maximum atomic E-state index is 12.7. The lowest BCUT2D eigenvalue weighted by Crippen LogP contribution is -2.25. The number of sulfonamides is 1. The Kier molecular flexibility index (Phi) is 6.94. The molecule has 30 heavy (non-hydrogen) atoms. The number of rotatable bonds is 9. The van der Waals surface area contributed by atoms with E-state index >= 15 is 0 Å². The van der Waals surface area contributed by atoms with Crippen LogP contribution in [-0.2, 0) is 34.5 Å². The van der Waals surface area contributed by atoms with Gasteiger partial charge in [0.05, 0.1) is 18.1 Å². The molecule has 1 N–H and O–H groups in total. The summed E-state index contributed by atoms with van der Waals surface area (Å²) in [6.45, 7) is 2.51. The predicted octanol–water partition coefficient (Wildman–Crippen LogP) is 4.10. The van der Waals surface area contributed by atoms with E-state index in [-0.39, 0.29) is 11.4 Å². The molecule has 0 radical (unpaired) electrons. The quantitative estimate of drug-likeness (QED) is 0.410. The number of aryl methyl sites for hydroxylation is 1. The molecular formula is C22H22N2O5S. The summed E-state index contributed by atoms with van der Waals surface area (Å²) in [5, 5.41) is 11.2. The van der Waals surface area contributed by atoms with E-state index in [1.54, 1.807) is 12.1 Å². The summed E-state index contributed by atoms with van der Waals surface area (Å²) in [5.41, 5.74) is 2.68. The number of nitrogens with zero attached hydrogens (tertiary/aromatic N) is 1. The number of nitro benzene ring substituents is 1. The van der Waals surface area contributed by atoms with E-state index in [1.165, 1.54) is 25.1 Å². The molecule has 3 rings (SSSR count). The molecule has 0 unspecified atom stereocenters. The van der Waals surface area contributed by atoms with Gasteiger partial charge in [-0.05, 0) is 29.2 Å². The maximum absolute atomic E-state index is 12.7. The summed E-state index contributed by atoms with van der Waals surface area (Å²) in [5.74, 6) is 0. The van der Waals surface area contributed by atoms with Crippen LogP contribution >= 0.6 is 0 Å². The summed E-state index contributed by atoms with van der Waals surface area (Å²) in [7, 11) is -4.04. The van der Waals surface area contributed by atoms with E-state index in [4.69, 9.17) is 4.74 Å². The van der Waals surface area contributed by atoms with Gasteiger partial charge >= 0.3 is 0 Å². The monoisotopic (exact) mass is 426 g/mol. The average Bonchev–Trinajstić information content (AvgIpc) is 2.73. The van der Waals surface area contributed by atoms with Crippen molar-refractivity contribution >= 4 is 15.7 Å². The molecule has 3 aromatic carbocycles. The smallest absolute Gasteiger partial charge is 0.289 e. The first-order valence-corrected chi connectivity index (χ1v) is 10.8. The number of benzene rings is 3. The highest BCUT2D eigenvalue weighted by atomic mass is 32.2. The number of ether oxygens (including phenoxy) is 1. The molecule has 0 amide bonds. The van der Waals surface area contributed by atoms with E-state index in [0.717, 1.165) is 16.7 Å². The van der Waals surface area contributed by atoms with Crippen LogP contribution in [0.1, 0.15) is 22.3 Å². The first-order valence-electron chi connectivity index (χ1n) is 9.30. The van der Waals surface area contributed by atoms with Crippen LogP contribution < -0.4 is 4.72 Å². The maximum Gasteiger partial charge on any atom is 0.289 e. The third-order valence-electron chi connectivity index (χ3n) is 4.53. The molecule has 7 nitrogen and oxygen atoms in total. The number of nitro groups is 1. The Hall–Kier alpha value is -3.07. The fourth-order valence-electron chi connectivity index (χ4n) is 3.00. The van der Waals surface area contributed by atoms with Gasteiger partial charge in [-0.25, -0.2) is 13.1 Å². The van der Waals surface area contributed by atoms with Gasteiger partial charge in [-0.1, -0.05) is 66.7 Å². The summed E-state index contributed by atoms with van der Waals surface area (Å²) < 4.78 is 33.5. The minimum atomic E-state index is -4.04. The second-order valence-electron chi connectivity index (χ2n) is 6.80. The number of nitrogens with one attached hydrogen (secondary N) is 1. The van der Waals surface area contributed by atoms with Gasteiger partial charge in [0.15, 0.2) is 4.90 Å². The van der Waals surface area contributed by atoms with Crippen molar-refractivity contribution in [3.8, 4) is 0 Å². The Balaban J connectivity index is 1.60. The lowest BCUT2D eigenvalue weighted by molar-refractivity contribution is -0.387. The zero-order valence-corrected chi connectivity index (χ0v) is 17.3. The SMILES string of the molecule is Cc1cccc([N+](=O)[O-])c1S(=O)(=O)NCc1ccc(COCc2ccccc2)cc1. The molecule has 0 saturated carbocycles. The topological polar surface area (TPSA) is 98.5 Å². The first-order chi connectivity index (χ1) is 14.4. The molecular weight excluding hydrogens is 404 g/mol. The van der Waals surface area contributed by atoms with Crippen LogP contribution in [0.5, 0.6) is 0 Å². The largest absolute Gasteiger partial charge is 0.372 e.